The molecule has 1 atom stereocenters. The standard InChI is InChI=1S/C28H24FN3O5/c1-35-25-13-8-18(14-26(25)36-2)17-31-24(16-22-15-23(30-37-22)19-6-4-3-5-7-19)27(33)32(28(31)34)21-11-9-20(29)10-12-21/h3-15,24H,16-17H2,1-2H3. The molecule has 0 N–H and O–H groups in total. The number of hydrogen-bond donors (Lipinski definition) is 0. The van der Waals surface area contributed by atoms with Crippen LogP contribution in [0.3, 0.4) is 0 Å². The largest absolute Gasteiger partial charge is 0.493 e. The highest BCUT2D eigenvalue weighted by atomic mass is 19.1. The van der Waals surface area contributed by atoms with Crippen LogP contribution in [0.25, 0.3) is 11.3 Å². The predicted octanol–water partition coefficient (Wildman–Crippen LogP) is 5.08. The van der Waals surface area contributed by atoms with Crippen LogP contribution in [0, 0.1) is 5.82 Å². The number of carbonyl (C=O) groups is 2. The van der Waals surface area contributed by atoms with Gasteiger partial charge < -0.3 is 18.9 Å². The molecule has 0 spiro atoms. The van der Waals surface area contributed by atoms with Gasteiger partial charge >= 0.3 is 6.03 Å². The molecule has 9 heteroatoms. The molecule has 3 aromatic carbocycles. The third-order valence-corrected chi connectivity index (χ3v) is 6.23. The lowest BCUT2D eigenvalue weighted by Gasteiger charge is -2.22. The van der Waals surface area contributed by atoms with E-state index >= 15 is 0 Å². The molecule has 4 aromatic rings. The third kappa shape index (κ3) is 4.75. The van der Waals surface area contributed by atoms with Crippen molar-refractivity contribution in [3.05, 3.63) is 96.0 Å². The molecule has 2 heterocycles. The van der Waals surface area contributed by atoms with E-state index in [9.17, 15) is 14.0 Å². The van der Waals surface area contributed by atoms with Crippen LogP contribution in [0.15, 0.2) is 83.4 Å². The van der Waals surface area contributed by atoms with E-state index in [0.29, 0.717) is 28.6 Å². The second-order valence-electron chi connectivity index (χ2n) is 8.51. The van der Waals surface area contributed by atoms with Crippen LogP contribution >= 0.6 is 0 Å². The van der Waals surface area contributed by atoms with E-state index in [4.69, 9.17) is 14.0 Å². The number of hydrogen-bond acceptors (Lipinski definition) is 6. The maximum absolute atomic E-state index is 13.6. The lowest BCUT2D eigenvalue weighted by molar-refractivity contribution is -0.119. The molecule has 5 rings (SSSR count). The van der Waals surface area contributed by atoms with Gasteiger partial charge in [0.05, 0.1) is 19.9 Å². The minimum Gasteiger partial charge on any atom is -0.493 e. The minimum atomic E-state index is -0.859. The molecular weight excluding hydrogens is 477 g/mol. The molecule has 1 fully saturated rings. The number of nitrogens with zero attached hydrogens (tertiary/aromatic N) is 3. The smallest absolute Gasteiger partial charge is 0.332 e. The van der Waals surface area contributed by atoms with Gasteiger partial charge in [-0.15, -0.1) is 0 Å². The summed E-state index contributed by atoms with van der Waals surface area (Å²) in [5.41, 5.74) is 2.54. The first-order chi connectivity index (χ1) is 18.0. The number of methoxy groups -OCH3 is 2. The van der Waals surface area contributed by atoms with Crippen molar-refractivity contribution in [2.24, 2.45) is 0 Å². The van der Waals surface area contributed by atoms with Crippen LogP contribution in [0.1, 0.15) is 11.3 Å². The number of carbonyl (C=O) groups excluding carboxylic acids is 2. The fraction of sp³-hybridized carbons (Fsp3) is 0.179. The van der Waals surface area contributed by atoms with Crippen LogP contribution in [-0.2, 0) is 17.8 Å². The SMILES string of the molecule is COc1ccc(CN2C(=O)N(c3ccc(F)cc3)C(=O)C2Cc2cc(-c3ccccc3)no2)cc1OC. The highest BCUT2D eigenvalue weighted by Gasteiger charge is 2.46. The Labute approximate surface area is 212 Å². The van der Waals surface area contributed by atoms with Gasteiger partial charge in [-0.2, -0.15) is 0 Å². The molecule has 0 bridgehead atoms. The van der Waals surface area contributed by atoms with Crippen LogP contribution < -0.4 is 14.4 Å². The van der Waals surface area contributed by atoms with Crippen molar-refractivity contribution in [2.45, 2.75) is 19.0 Å². The fourth-order valence-corrected chi connectivity index (χ4v) is 4.36. The van der Waals surface area contributed by atoms with E-state index in [2.05, 4.69) is 5.16 Å². The topological polar surface area (TPSA) is 85.1 Å². The number of aromatic nitrogens is 1. The van der Waals surface area contributed by atoms with Crippen LogP contribution in [0.2, 0.25) is 0 Å². The average Bonchev–Trinajstić information content (AvgIpc) is 3.48. The van der Waals surface area contributed by atoms with Crippen molar-refractivity contribution in [1.82, 2.24) is 10.1 Å². The number of rotatable bonds is 8. The zero-order chi connectivity index (χ0) is 25.9. The minimum absolute atomic E-state index is 0.120. The van der Waals surface area contributed by atoms with Crippen molar-refractivity contribution in [2.75, 3.05) is 19.1 Å². The molecule has 1 aliphatic heterocycles. The fourth-order valence-electron chi connectivity index (χ4n) is 4.36. The van der Waals surface area contributed by atoms with Gasteiger partial charge in [0.25, 0.3) is 5.91 Å². The third-order valence-electron chi connectivity index (χ3n) is 6.23. The van der Waals surface area contributed by atoms with Crippen molar-refractivity contribution >= 4 is 17.6 Å². The zero-order valence-electron chi connectivity index (χ0n) is 20.3. The molecular formula is C28H24FN3O5. The Morgan fingerprint density at radius 2 is 1.65 bits per heavy atom. The lowest BCUT2D eigenvalue weighted by Crippen LogP contribution is -2.36. The van der Waals surface area contributed by atoms with Gasteiger partial charge in [0.2, 0.25) is 0 Å². The number of imide groups is 1. The van der Waals surface area contributed by atoms with Gasteiger partial charge in [0, 0.05) is 24.6 Å². The summed E-state index contributed by atoms with van der Waals surface area (Å²) in [6, 6.07) is 20.5. The van der Waals surface area contributed by atoms with E-state index in [-0.39, 0.29) is 13.0 Å². The summed E-state index contributed by atoms with van der Waals surface area (Å²) < 4.78 is 29.8. The van der Waals surface area contributed by atoms with Crippen LogP contribution in [0.4, 0.5) is 14.9 Å². The summed E-state index contributed by atoms with van der Waals surface area (Å²) in [6.07, 6.45) is 0.120. The maximum Gasteiger partial charge on any atom is 0.332 e. The first kappa shape index (κ1) is 24.1. The molecule has 1 aliphatic rings. The van der Waals surface area contributed by atoms with E-state index in [1.54, 1.807) is 24.3 Å². The summed E-state index contributed by atoms with van der Waals surface area (Å²) in [5, 5.41) is 4.13. The van der Waals surface area contributed by atoms with Gasteiger partial charge in [-0.3, -0.25) is 4.79 Å². The summed E-state index contributed by atoms with van der Waals surface area (Å²) in [7, 11) is 3.07. The molecule has 1 aromatic heterocycles. The number of amides is 3. The zero-order valence-corrected chi connectivity index (χ0v) is 20.3. The number of halogens is 1. The summed E-state index contributed by atoms with van der Waals surface area (Å²) in [6.45, 7) is 0.132. The predicted molar refractivity (Wildman–Crippen MR) is 134 cm³/mol. The maximum atomic E-state index is 13.6. The van der Waals surface area contributed by atoms with Crippen molar-refractivity contribution < 1.29 is 28.0 Å². The number of anilines is 1. The summed E-state index contributed by atoms with van der Waals surface area (Å²) in [4.78, 5) is 29.7. The van der Waals surface area contributed by atoms with Gasteiger partial charge in [-0.05, 0) is 42.0 Å². The highest BCUT2D eigenvalue weighted by molar-refractivity contribution is 6.21. The number of ether oxygens (including phenoxy) is 2. The Morgan fingerprint density at radius 1 is 0.919 bits per heavy atom. The molecule has 8 nitrogen and oxygen atoms in total. The number of benzene rings is 3. The van der Waals surface area contributed by atoms with E-state index < -0.39 is 23.8 Å². The molecule has 1 saturated heterocycles. The van der Waals surface area contributed by atoms with Crippen molar-refractivity contribution in [3.8, 4) is 22.8 Å². The van der Waals surface area contributed by atoms with Gasteiger partial charge in [0.15, 0.2) is 11.5 Å². The Morgan fingerprint density at radius 3 is 2.35 bits per heavy atom. The summed E-state index contributed by atoms with van der Waals surface area (Å²) in [5.74, 6) is 0.622. The molecule has 0 aliphatic carbocycles. The van der Waals surface area contributed by atoms with E-state index in [1.165, 1.54) is 43.4 Å². The molecule has 3 amide bonds. The van der Waals surface area contributed by atoms with Gasteiger partial charge in [-0.25, -0.2) is 14.1 Å². The molecule has 0 saturated carbocycles. The molecule has 37 heavy (non-hydrogen) atoms. The Kier molecular flexibility index (Phi) is 6.59. The molecule has 188 valence electrons. The Bertz CT molecular complexity index is 1420. The van der Waals surface area contributed by atoms with E-state index in [0.717, 1.165) is 16.0 Å². The van der Waals surface area contributed by atoms with Gasteiger partial charge in [-0.1, -0.05) is 41.6 Å². The Hall–Kier alpha value is -4.66. The van der Waals surface area contributed by atoms with E-state index in [1.807, 2.05) is 30.3 Å². The lowest BCUT2D eigenvalue weighted by atomic mass is 10.1. The van der Waals surface area contributed by atoms with Crippen molar-refractivity contribution in [1.29, 1.82) is 0 Å². The Balaban J connectivity index is 1.47. The average molecular weight is 502 g/mol. The first-order valence-electron chi connectivity index (χ1n) is 11.6. The monoisotopic (exact) mass is 501 g/mol. The number of urea groups is 1. The first-order valence-corrected chi connectivity index (χ1v) is 11.6. The van der Waals surface area contributed by atoms with Crippen LogP contribution in [-0.4, -0.2) is 42.3 Å². The molecule has 0 radical (unpaired) electrons. The second-order valence-corrected chi connectivity index (χ2v) is 8.51. The summed E-state index contributed by atoms with van der Waals surface area (Å²) >= 11 is 0. The quantitative estimate of drug-likeness (QED) is 0.313. The van der Waals surface area contributed by atoms with Gasteiger partial charge in [0.1, 0.15) is 23.3 Å². The second kappa shape index (κ2) is 10.1. The van der Waals surface area contributed by atoms with Crippen LogP contribution in [0.5, 0.6) is 11.5 Å². The normalized spacial score (nSPS) is 15.4. The molecule has 1 unspecified atom stereocenters. The highest BCUT2D eigenvalue weighted by Crippen LogP contribution is 2.32. The van der Waals surface area contributed by atoms with Crippen molar-refractivity contribution in [3.63, 3.8) is 0 Å².